The van der Waals surface area contributed by atoms with Gasteiger partial charge in [0.25, 0.3) is 0 Å². The molecule has 15 heavy (non-hydrogen) atoms. The molecule has 1 aromatic rings. The van der Waals surface area contributed by atoms with E-state index >= 15 is 0 Å². The summed E-state index contributed by atoms with van der Waals surface area (Å²) in [5, 5.41) is 2.66. The molecule has 0 heterocycles. The Morgan fingerprint density at radius 1 is 1.40 bits per heavy atom. The Morgan fingerprint density at radius 2 is 2.07 bits per heavy atom. The monoisotopic (exact) mass is 225 g/mol. The van der Waals surface area contributed by atoms with Crippen LogP contribution in [0, 0.1) is 6.92 Å². The standard InChI is InChI=1S/C11H12ClNO2/c1-7-3-4-9(11(15)6-12)5-10(7)13-8(2)14/h3-5H,6H2,1-2H3,(H,13,14). The van der Waals surface area contributed by atoms with Gasteiger partial charge >= 0.3 is 0 Å². The average Bonchev–Trinajstić information content (AvgIpc) is 2.19. The first-order valence-corrected chi connectivity index (χ1v) is 5.05. The Morgan fingerprint density at radius 3 is 2.60 bits per heavy atom. The molecule has 0 spiro atoms. The summed E-state index contributed by atoms with van der Waals surface area (Å²) in [4.78, 5) is 22.2. The number of nitrogens with one attached hydrogen (secondary N) is 1. The van der Waals surface area contributed by atoms with Gasteiger partial charge in [-0.3, -0.25) is 9.59 Å². The second kappa shape index (κ2) is 4.94. The lowest BCUT2D eigenvalue weighted by molar-refractivity contribution is -0.114. The van der Waals surface area contributed by atoms with Crippen LogP contribution in [0.2, 0.25) is 0 Å². The maximum Gasteiger partial charge on any atom is 0.221 e. The quantitative estimate of drug-likeness (QED) is 0.634. The molecule has 0 atom stereocenters. The molecule has 0 bridgehead atoms. The highest BCUT2D eigenvalue weighted by atomic mass is 35.5. The van der Waals surface area contributed by atoms with E-state index in [1.807, 2.05) is 6.92 Å². The number of alkyl halides is 1. The average molecular weight is 226 g/mol. The van der Waals surface area contributed by atoms with E-state index in [1.54, 1.807) is 18.2 Å². The van der Waals surface area contributed by atoms with Crippen LogP contribution in [0.4, 0.5) is 5.69 Å². The topological polar surface area (TPSA) is 46.2 Å². The summed E-state index contributed by atoms with van der Waals surface area (Å²) in [5.74, 6) is -0.361. The lowest BCUT2D eigenvalue weighted by atomic mass is 10.1. The molecule has 0 unspecified atom stereocenters. The van der Waals surface area contributed by atoms with Crippen molar-refractivity contribution in [3.63, 3.8) is 0 Å². The third kappa shape index (κ3) is 3.06. The number of hydrogen-bond donors (Lipinski definition) is 1. The number of Topliss-reactive ketones (excluding diaryl/α,β-unsaturated/α-hetero) is 1. The van der Waals surface area contributed by atoms with Gasteiger partial charge in [-0.1, -0.05) is 12.1 Å². The highest BCUT2D eigenvalue weighted by molar-refractivity contribution is 6.30. The first kappa shape index (κ1) is 11.7. The molecule has 1 amide bonds. The van der Waals surface area contributed by atoms with E-state index in [9.17, 15) is 9.59 Å². The molecule has 80 valence electrons. The van der Waals surface area contributed by atoms with Crippen molar-refractivity contribution in [2.45, 2.75) is 13.8 Å². The van der Waals surface area contributed by atoms with Crippen LogP contribution < -0.4 is 5.32 Å². The van der Waals surface area contributed by atoms with E-state index in [2.05, 4.69) is 5.32 Å². The second-order valence-corrected chi connectivity index (χ2v) is 3.53. The SMILES string of the molecule is CC(=O)Nc1cc(C(=O)CCl)ccc1C. The number of anilines is 1. The van der Waals surface area contributed by atoms with Crippen LogP contribution in [0.15, 0.2) is 18.2 Å². The largest absolute Gasteiger partial charge is 0.326 e. The van der Waals surface area contributed by atoms with Crippen LogP contribution in [-0.2, 0) is 4.79 Å². The van der Waals surface area contributed by atoms with Crippen LogP contribution in [0.3, 0.4) is 0 Å². The van der Waals surface area contributed by atoms with Gasteiger partial charge in [-0.2, -0.15) is 0 Å². The molecular formula is C11H12ClNO2. The Kier molecular flexibility index (Phi) is 3.86. The van der Waals surface area contributed by atoms with E-state index in [4.69, 9.17) is 11.6 Å². The van der Waals surface area contributed by atoms with Gasteiger partial charge in [0.15, 0.2) is 5.78 Å². The molecule has 3 nitrogen and oxygen atoms in total. The zero-order valence-electron chi connectivity index (χ0n) is 8.63. The van der Waals surface area contributed by atoms with Crippen LogP contribution >= 0.6 is 11.6 Å². The minimum Gasteiger partial charge on any atom is -0.326 e. The molecule has 0 aliphatic carbocycles. The van der Waals surface area contributed by atoms with Gasteiger partial charge < -0.3 is 5.32 Å². The number of ketones is 1. The molecule has 1 N–H and O–H groups in total. The van der Waals surface area contributed by atoms with Crippen molar-refractivity contribution in [1.82, 2.24) is 0 Å². The number of amides is 1. The van der Waals surface area contributed by atoms with Crippen LogP contribution in [-0.4, -0.2) is 17.6 Å². The summed E-state index contributed by atoms with van der Waals surface area (Å²) >= 11 is 5.45. The van der Waals surface area contributed by atoms with Crippen LogP contribution in [0.5, 0.6) is 0 Å². The van der Waals surface area contributed by atoms with Gasteiger partial charge in [0.2, 0.25) is 5.91 Å². The smallest absolute Gasteiger partial charge is 0.221 e. The maximum atomic E-state index is 11.3. The molecule has 0 saturated carbocycles. The third-order valence-electron chi connectivity index (χ3n) is 1.99. The Balaban J connectivity index is 3.05. The van der Waals surface area contributed by atoms with Gasteiger partial charge in [0.05, 0.1) is 5.88 Å². The van der Waals surface area contributed by atoms with E-state index < -0.39 is 0 Å². The van der Waals surface area contributed by atoms with E-state index in [0.29, 0.717) is 11.3 Å². The third-order valence-corrected chi connectivity index (χ3v) is 2.23. The number of carbonyl (C=O) groups excluding carboxylic acids is 2. The van der Waals surface area contributed by atoms with Crippen molar-refractivity contribution >= 4 is 29.0 Å². The van der Waals surface area contributed by atoms with Crippen LogP contribution in [0.1, 0.15) is 22.8 Å². The highest BCUT2D eigenvalue weighted by Crippen LogP contribution is 2.17. The first-order valence-electron chi connectivity index (χ1n) is 4.52. The number of aryl methyl sites for hydroxylation is 1. The summed E-state index contributed by atoms with van der Waals surface area (Å²) in [6.07, 6.45) is 0. The van der Waals surface area contributed by atoms with E-state index in [-0.39, 0.29) is 17.6 Å². The molecule has 4 heteroatoms. The zero-order chi connectivity index (χ0) is 11.4. The molecule has 1 rings (SSSR count). The minimum atomic E-state index is -0.159. The van der Waals surface area contributed by atoms with Crippen molar-refractivity contribution in [2.24, 2.45) is 0 Å². The van der Waals surface area contributed by atoms with Crippen molar-refractivity contribution in [1.29, 1.82) is 0 Å². The lowest BCUT2D eigenvalue weighted by Crippen LogP contribution is -2.09. The fourth-order valence-corrected chi connectivity index (χ4v) is 1.35. The highest BCUT2D eigenvalue weighted by Gasteiger charge is 2.07. The first-order chi connectivity index (χ1) is 7.04. The number of halogens is 1. The number of carbonyl (C=O) groups is 2. The lowest BCUT2D eigenvalue weighted by Gasteiger charge is -2.07. The predicted octanol–water partition coefficient (Wildman–Crippen LogP) is 2.37. The zero-order valence-corrected chi connectivity index (χ0v) is 9.39. The molecule has 0 aromatic heterocycles. The van der Waals surface area contributed by atoms with Gasteiger partial charge in [0.1, 0.15) is 0 Å². The fraction of sp³-hybridized carbons (Fsp3) is 0.273. The minimum absolute atomic E-state index is 0.0530. The maximum absolute atomic E-state index is 11.3. The van der Waals surface area contributed by atoms with Gasteiger partial charge in [-0.25, -0.2) is 0 Å². The summed E-state index contributed by atoms with van der Waals surface area (Å²) in [7, 11) is 0. The number of benzene rings is 1. The van der Waals surface area contributed by atoms with Crippen molar-refractivity contribution in [3.8, 4) is 0 Å². The summed E-state index contributed by atoms with van der Waals surface area (Å²) in [6, 6.07) is 5.12. The molecule has 0 aliphatic heterocycles. The van der Waals surface area contributed by atoms with Crippen molar-refractivity contribution < 1.29 is 9.59 Å². The summed E-state index contributed by atoms with van der Waals surface area (Å²) in [5.41, 5.74) is 2.08. The molecule has 0 fully saturated rings. The molecular weight excluding hydrogens is 214 g/mol. The molecule has 0 saturated heterocycles. The Labute approximate surface area is 93.4 Å². The van der Waals surface area contributed by atoms with Gasteiger partial charge in [-0.05, 0) is 18.6 Å². The van der Waals surface area contributed by atoms with Crippen LogP contribution in [0.25, 0.3) is 0 Å². The second-order valence-electron chi connectivity index (χ2n) is 3.27. The molecule has 0 radical (unpaired) electrons. The van der Waals surface area contributed by atoms with Gasteiger partial charge in [0, 0.05) is 18.2 Å². The fourth-order valence-electron chi connectivity index (χ4n) is 1.20. The molecule has 0 aliphatic rings. The Hall–Kier alpha value is -1.35. The van der Waals surface area contributed by atoms with Crippen molar-refractivity contribution in [2.75, 3.05) is 11.2 Å². The summed E-state index contributed by atoms with van der Waals surface area (Å²) in [6.45, 7) is 3.29. The number of rotatable bonds is 3. The van der Waals surface area contributed by atoms with E-state index in [0.717, 1.165) is 5.56 Å². The Bertz CT molecular complexity index is 402. The normalized spacial score (nSPS) is 9.80. The summed E-state index contributed by atoms with van der Waals surface area (Å²) < 4.78 is 0. The van der Waals surface area contributed by atoms with Crippen molar-refractivity contribution in [3.05, 3.63) is 29.3 Å². The van der Waals surface area contributed by atoms with Gasteiger partial charge in [-0.15, -0.1) is 11.6 Å². The number of hydrogen-bond acceptors (Lipinski definition) is 2. The molecule has 1 aromatic carbocycles. The predicted molar refractivity (Wildman–Crippen MR) is 60.5 cm³/mol. The van der Waals surface area contributed by atoms with E-state index in [1.165, 1.54) is 6.92 Å².